The lowest BCUT2D eigenvalue weighted by atomic mass is 9.95. The van der Waals surface area contributed by atoms with Crippen molar-refractivity contribution in [2.45, 2.75) is 32.7 Å². The Kier molecular flexibility index (Phi) is 3.41. The topological polar surface area (TPSA) is 51.4 Å². The Morgan fingerprint density at radius 2 is 2.12 bits per heavy atom. The number of anilines is 2. The molecule has 1 fully saturated rings. The highest BCUT2D eigenvalue weighted by atomic mass is 16.5. The average molecular weight is 235 g/mol. The first-order valence-corrected chi connectivity index (χ1v) is 6.19. The fourth-order valence-corrected chi connectivity index (χ4v) is 2.37. The van der Waals surface area contributed by atoms with E-state index in [2.05, 4.69) is 23.7 Å². The molecule has 0 saturated carbocycles. The van der Waals surface area contributed by atoms with Crippen molar-refractivity contribution >= 4 is 11.5 Å². The van der Waals surface area contributed by atoms with Crippen LogP contribution in [0.4, 0.5) is 11.5 Å². The zero-order valence-corrected chi connectivity index (χ0v) is 10.8. The van der Waals surface area contributed by atoms with Crippen molar-refractivity contribution in [2.24, 2.45) is 5.92 Å². The number of nitrogens with zero attached hydrogens (tertiary/aromatic N) is 2. The smallest absolute Gasteiger partial charge is 0.215 e. The predicted octanol–water partition coefficient (Wildman–Crippen LogP) is 2.30. The molecule has 2 unspecified atom stereocenters. The first kappa shape index (κ1) is 12.0. The summed E-state index contributed by atoms with van der Waals surface area (Å²) >= 11 is 0. The van der Waals surface area contributed by atoms with E-state index in [1.165, 1.54) is 12.8 Å². The molecule has 2 N–H and O–H groups in total. The van der Waals surface area contributed by atoms with E-state index >= 15 is 0 Å². The normalized spacial score (nSPS) is 24.8. The van der Waals surface area contributed by atoms with E-state index in [4.69, 9.17) is 10.5 Å². The molecule has 94 valence electrons. The summed E-state index contributed by atoms with van der Waals surface area (Å²) in [6.45, 7) is 5.52. The number of hydrogen-bond acceptors (Lipinski definition) is 4. The van der Waals surface area contributed by atoms with Crippen LogP contribution in [0, 0.1) is 5.92 Å². The van der Waals surface area contributed by atoms with Crippen LogP contribution in [0.15, 0.2) is 12.1 Å². The average Bonchev–Trinajstić information content (AvgIpc) is 2.33. The molecule has 0 aromatic carbocycles. The second-order valence-corrected chi connectivity index (χ2v) is 4.95. The van der Waals surface area contributed by atoms with Crippen LogP contribution >= 0.6 is 0 Å². The number of hydrogen-bond donors (Lipinski definition) is 1. The zero-order chi connectivity index (χ0) is 12.4. The monoisotopic (exact) mass is 235 g/mol. The summed E-state index contributed by atoms with van der Waals surface area (Å²) < 4.78 is 5.17. The quantitative estimate of drug-likeness (QED) is 0.854. The first-order chi connectivity index (χ1) is 8.11. The molecular formula is C13H21N3O. The summed E-state index contributed by atoms with van der Waals surface area (Å²) in [5.74, 6) is 2.18. The molecule has 0 spiro atoms. The van der Waals surface area contributed by atoms with Gasteiger partial charge in [0.1, 0.15) is 0 Å². The van der Waals surface area contributed by atoms with E-state index in [-0.39, 0.29) is 0 Å². The lowest BCUT2D eigenvalue weighted by Gasteiger charge is -2.38. The van der Waals surface area contributed by atoms with Gasteiger partial charge in [-0.3, -0.25) is 0 Å². The number of nitrogens with two attached hydrogens (primary N) is 1. The van der Waals surface area contributed by atoms with Crippen molar-refractivity contribution in [3.63, 3.8) is 0 Å². The molecule has 1 saturated heterocycles. The molecule has 2 rings (SSSR count). The molecule has 2 atom stereocenters. The standard InChI is InChI=1S/C13H21N3O/c1-9-4-5-10(2)16(8-9)13-11(14)6-7-12(15-13)17-3/h6-7,9-10H,4-5,8,14H2,1-3H3. The number of rotatable bonds is 2. The predicted molar refractivity (Wildman–Crippen MR) is 70.4 cm³/mol. The molecule has 4 nitrogen and oxygen atoms in total. The summed E-state index contributed by atoms with van der Waals surface area (Å²) in [7, 11) is 1.63. The Labute approximate surface area is 103 Å². The van der Waals surface area contributed by atoms with Crippen LogP contribution in [-0.4, -0.2) is 24.7 Å². The molecule has 0 aliphatic carbocycles. The van der Waals surface area contributed by atoms with E-state index in [9.17, 15) is 0 Å². The Bertz CT molecular complexity index is 394. The molecule has 1 aliphatic rings. The molecule has 0 radical (unpaired) electrons. The van der Waals surface area contributed by atoms with Crippen molar-refractivity contribution in [2.75, 3.05) is 24.3 Å². The number of piperidine rings is 1. The van der Waals surface area contributed by atoms with Gasteiger partial charge in [0, 0.05) is 18.7 Å². The summed E-state index contributed by atoms with van der Waals surface area (Å²) in [5.41, 5.74) is 6.75. The van der Waals surface area contributed by atoms with Crippen molar-refractivity contribution < 1.29 is 4.74 Å². The van der Waals surface area contributed by atoms with Gasteiger partial charge < -0.3 is 15.4 Å². The summed E-state index contributed by atoms with van der Waals surface area (Å²) in [6, 6.07) is 4.16. The van der Waals surface area contributed by atoms with Crippen LogP contribution in [0.25, 0.3) is 0 Å². The van der Waals surface area contributed by atoms with Crippen LogP contribution < -0.4 is 15.4 Å². The maximum absolute atomic E-state index is 6.02. The Balaban J connectivity index is 2.30. The SMILES string of the molecule is COc1ccc(N)c(N2CC(C)CCC2C)n1. The second kappa shape index (κ2) is 4.82. The minimum absolute atomic E-state index is 0.494. The molecule has 1 aromatic heterocycles. The van der Waals surface area contributed by atoms with Crippen molar-refractivity contribution in [1.82, 2.24) is 4.98 Å². The van der Waals surface area contributed by atoms with Crippen LogP contribution in [0.2, 0.25) is 0 Å². The number of ether oxygens (including phenoxy) is 1. The van der Waals surface area contributed by atoms with Gasteiger partial charge in [-0.1, -0.05) is 6.92 Å². The molecule has 0 bridgehead atoms. The van der Waals surface area contributed by atoms with Crippen LogP contribution in [0.5, 0.6) is 5.88 Å². The Hall–Kier alpha value is -1.45. The second-order valence-electron chi connectivity index (χ2n) is 4.95. The Morgan fingerprint density at radius 1 is 1.35 bits per heavy atom. The van der Waals surface area contributed by atoms with Gasteiger partial charge in [0.25, 0.3) is 0 Å². The lowest BCUT2D eigenvalue weighted by Crippen LogP contribution is -2.42. The van der Waals surface area contributed by atoms with Gasteiger partial charge in [0.2, 0.25) is 5.88 Å². The minimum Gasteiger partial charge on any atom is -0.481 e. The van der Waals surface area contributed by atoms with E-state index in [1.54, 1.807) is 13.2 Å². The number of nitrogen functional groups attached to an aromatic ring is 1. The van der Waals surface area contributed by atoms with Gasteiger partial charge >= 0.3 is 0 Å². The third-order valence-electron chi connectivity index (χ3n) is 3.48. The maximum atomic E-state index is 6.02. The van der Waals surface area contributed by atoms with Gasteiger partial charge in [-0.25, -0.2) is 0 Å². The van der Waals surface area contributed by atoms with Crippen molar-refractivity contribution in [3.05, 3.63) is 12.1 Å². The Morgan fingerprint density at radius 3 is 2.82 bits per heavy atom. The van der Waals surface area contributed by atoms with E-state index < -0.39 is 0 Å². The molecule has 1 aromatic rings. The van der Waals surface area contributed by atoms with Gasteiger partial charge in [0.15, 0.2) is 5.82 Å². The summed E-state index contributed by atoms with van der Waals surface area (Å²) in [4.78, 5) is 6.78. The highest BCUT2D eigenvalue weighted by Gasteiger charge is 2.25. The van der Waals surface area contributed by atoms with Crippen molar-refractivity contribution in [3.8, 4) is 5.88 Å². The minimum atomic E-state index is 0.494. The van der Waals surface area contributed by atoms with Gasteiger partial charge in [-0.15, -0.1) is 0 Å². The molecule has 0 amide bonds. The fourth-order valence-electron chi connectivity index (χ4n) is 2.37. The largest absolute Gasteiger partial charge is 0.481 e. The molecule has 17 heavy (non-hydrogen) atoms. The van der Waals surface area contributed by atoms with Crippen LogP contribution in [0.3, 0.4) is 0 Å². The third-order valence-corrected chi connectivity index (χ3v) is 3.48. The van der Waals surface area contributed by atoms with E-state index in [1.807, 2.05) is 6.07 Å². The summed E-state index contributed by atoms with van der Waals surface area (Å²) in [6.07, 6.45) is 2.47. The van der Waals surface area contributed by atoms with Crippen LogP contribution in [-0.2, 0) is 0 Å². The number of pyridine rings is 1. The van der Waals surface area contributed by atoms with Gasteiger partial charge in [-0.05, 0) is 31.7 Å². The summed E-state index contributed by atoms with van der Waals surface area (Å²) in [5, 5.41) is 0. The lowest BCUT2D eigenvalue weighted by molar-refractivity contribution is 0.380. The highest BCUT2D eigenvalue weighted by Crippen LogP contribution is 2.31. The maximum Gasteiger partial charge on any atom is 0.215 e. The fraction of sp³-hybridized carbons (Fsp3) is 0.615. The van der Waals surface area contributed by atoms with E-state index in [0.717, 1.165) is 18.1 Å². The van der Waals surface area contributed by atoms with Gasteiger partial charge in [0.05, 0.1) is 12.8 Å². The third kappa shape index (κ3) is 2.46. The highest BCUT2D eigenvalue weighted by molar-refractivity contribution is 5.64. The zero-order valence-electron chi connectivity index (χ0n) is 10.8. The number of methoxy groups -OCH3 is 1. The first-order valence-electron chi connectivity index (χ1n) is 6.19. The molecule has 2 heterocycles. The number of aromatic nitrogens is 1. The van der Waals surface area contributed by atoms with Crippen LogP contribution in [0.1, 0.15) is 26.7 Å². The molecule has 4 heteroatoms. The van der Waals surface area contributed by atoms with Gasteiger partial charge in [-0.2, -0.15) is 4.98 Å². The van der Waals surface area contributed by atoms with E-state index in [0.29, 0.717) is 17.8 Å². The van der Waals surface area contributed by atoms with Crippen molar-refractivity contribution in [1.29, 1.82) is 0 Å². The molecular weight excluding hydrogens is 214 g/mol. The molecule has 1 aliphatic heterocycles.